The van der Waals surface area contributed by atoms with Gasteiger partial charge in [0.05, 0.1) is 9.79 Å². The Morgan fingerprint density at radius 2 is 1.28 bits per heavy atom. The first-order valence-corrected chi connectivity index (χ1v) is 11.1. The van der Waals surface area contributed by atoms with Crippen molar-refractivity contribution in [2.75, 3.05) is 0 Å². The van der Waals surface area contributed by atoms with Crippen LogP contribution in [-0.2, 0) is 16.3 Å². The van der Waals surface area contributed by atoms with E-state index in [-0.39, 0.29) is 0 Å². The predicted octanol–water partition coefficient (Wildman–Crippen LogP) is 6.09. The summed E-state index contributed by atoms with van der Waals surface area (Å²) in [5.74, 6) is 0. The Morgan fingerprint density at radius 1 is 0.655 bits per heavy atom. The maximum absolute atomic E-state index is 13.5. The van der Waals surface area contributed by atoms with Crippen LogP contribution in [0, 0.1) is 6.92 Å². The zero-order valence-electron chi connectivity index (χ0n) is 16.2. The van der Waals surface area contributed by atoms with Crippen LogP contribution >= 0.6 is 0 Å². The highest BCUT2D eigenvalue weighted by Crippen LogP contribution is 2.35. The largest absolute Gasteiger partial charge is 0.218 e. The van der Waals surface area contributed by atoms with Gasteiger partial charge in [-0.3, -0.25) is 0 Å². The zero-order valence-corrected chi connectivity index (χ0v) is 17.1. The summed E-state index contributed by atoms with van der Waals surface area (Å²) in [7, 11) is -3.65. The van der Waals surface area contributed by atoms with Gasteiger partial charge in [-0.2, -0.15) is 0 Å². The minimum Gasteiger partial charge on any atom is -0.218 e. The van der Waals surface area contributed by atoms with Gasteiger partial charge in [0.25, 0.3) is 0 Å². The van der Waals surface area contributed by atoms with Gasteiger partial charge in [-0.1, -0.05) is 90.5 Å². The third-order valence-corrected chi connectivity index (χ3v) is 6.85. The van der Waals surface area contributed by atoms with Gasteiger partial charge in [0.15, 0.2) is 0 Å². The molecule has 0 heterocycles. The van der Waals surface area contributed by atoms with E-state index in [4.69, 9.17) is 0 Å². The van der Waals surface area contributed by atoms with Gasteiger partial charge < -0.3 is 0 Å². The summed E-state index contributed by atoms with van der Waals surface area (Å²) in [5, 5.41) is 0. The molecule has 0 fully saturated rings. The molecule has 4 aromatic carbocycles. The Bertz CT molecular complexity index is 1210. The summed E-state index contributed by atoms with van der Waals surface area (Å²) in [6.45, 7) is 1.95. The summed E-state index contributed by atoms with van der Waals surface area (Å²) in [5.41, 5.74) is 4.86. The average molecular weight is 399 g/mol. The minimum absolute atomic E-state index is 0.317. The van der Waals surface area contributed by atoms with Crippen molar-refractivity contribution in [1.29, 1.82) is 0 Å². The van der Waals surface area contributed by atoms with Crippen LogP contribution in [0.1, 0.15) is 16.7 Å². The number of sulfone groups is 1. The first-order chi connectivity index (χ1) is 14.1. The third-order valence-electron chi connectivity index (χ3n) is 5.03. The fourth-order valence-corrected chi connectivity index (χ4v) is 5.06. The molecule has 0 aliphatic carbocycles. The highest BCUT2D eigenvalue weighted by atomic mass is 32.2. The quantitative estimate of drug-likeness (QED) is 0.408. The molecule has 144 valence electrons. The second-order valence-electron chi connectivity index (χ2n) is 7.14. The molecule has 0 aliphatic heterocycles. The van der Waals surface area contributed by atoms with Crippen molar-refractivity contribution in [3.63, 3.8) is 0 Å². The molecule has 3 heteroatoms. The Kier molecular flexibility index (Phi) is 5.32. The molecule has 4 rings (SSSR count). The van der Waals surface area contributed by atoms with Crippen molar-refractivity contribution < 1.29 is 8.42 Å². The summed E-state index contributed by atoms with van der Waals surface area (Å²) in [6.07, 6.45) is 0.669. The molecule has 0 saturated carbocycles. The molecule has 2 nitrogen and oxygen atoms in total. The molecular formula is C26H22O2S. The topological polar surface area (TPSA) is 34.1 Å². The van der Waals surface area contributed by atoms with Crippen LogP contribution in [0.4, 0.5) is 0 Å². The third kappa shape index (κ3) is 4.01. The SMILES string of the molecule is Cc1ccc(S(=O)(=O)c2cccc(Cc3ccccc3)c2-c2ccccc2)cc1. The highest BCUT2D eigenvalue weighted by molar-refractivity contribution is 7.91. The summed E-state index contributed by atoms with van der Waals surface area (Å²) >= 11 is 0. The zero-order chi connectivity index (χ0) is 20.3. The molecule has 0 bridgehead atoms. The molecule has 0 aromatic heterocycles. The summed E-state index contributed by atoms with van der Waals surface area (Å²) in [6, 6.07) is 32.5. The van der Waals surface area contributed by atoms with E-state index in [9.17, 15) is 8.42 Å². The maximum Gasteiger partial charge on any atom is 0.207 e. The Hall–Kier alpha value is -3.17. The Balaban J connectivity index is 1.92. The van der Waals surface area contributed by atoms with Crippen LogP contribution in [0.25, 0.3) is 11.1 Å². The van der Waals surface area contributed by atoms with Crippen molar-refractivity contribution in [1.82, 2.24) is 0 Å². The van der Waals surface area contributed by atoms with Gasteiger partial charge >= 0.3 is 0 Å². The second-order valence-corrected chi connectivity index (χ2v) is 9.05. The first-order valence-electron chi connectivity index (χ1n) is 9.59. The van der Waals surface area contributed by atoms with Crippen molar-refractivity contribution in [2.24, 2.45) is 0 Å². The molecule has 0 N–H and O–H groups in total. The van der Waals surface area contributed by atoms with Crippen LogP contribution in [0.2, 0.25) is 0 Å². The Morgan fingerprint density at radius 3 is 1.93 bits per heavy atom. The normalized spacial score (nSPS) is 11.3. The lowest BCUT2D eigenvalue weighted by Gasteiger charge is -2.16. The van der Waals surface area contributed by atoms with Gasteiger partial charge in [0.1, 0.15) is 0 Å². The van der Waals surface area contributed by atoms with Crippen LogP contribution < -0.4 is 0 Å². The number of rotatable bonds is 5. The van der Waals surface area contributed by atoms with Crippen LogP contribution in [0.3, 0.4) is 0 Å². The lowest BCUT2D eigenvalue weighted by molar-refractivity contribution is 0.596. The fourth-order valence-electron chi connectivity index (χ4n) is 3.54. The second kappa shape index (κ2) is 8.06. The average Bonchev–Trinajstić information content (AvgIpc) is 2.75. The molecule has 29 heavy (non-hydrogen) atoms. The molecule has 0 saturated heterocycles. The van der Waals surface area contributed by atoms with E-state index < -0.39 is 9.84 Å². The lowest BCUT2D eigenvalue weighted by atomic mass is 9.95. The minimum atomic E-state index is -3.65. The smallest absolute Gasteiger partial charge is 0.207 e. The monoisotopic (exact) mass is 398 g/mol. The van der Waals surface area contributed by atoms with Crippen molar-refractivity contribution in [3.05, 3.63) is 120 Å². The maximum atomic E-state index is 13.5. The van der Waals surface area contributed by atoms with Crippen molar-refractivity contribution in [3.8, 4) is 11.1 Å². The molecule has 4 aromatic rings. The van der Waals surface area contributed by atoms with E-state index in [1.54, 1.807) is 18.2 Å². The molecular weight excluding hydrogens is 376 g/mol. The molecule has 0 aliphatic rings. The molecule has 0 atom stereocenters. The number of aryl methyl sites for hydroxylation is 1. The van der Waals surface area contributed by atoms with E-state index in [0.717, 1.165) is 27.8 Å². The number of hydrogen-bond donors (Lipinski definition) is 0. The van der Waals surface area contributed by atoms with Crippen molar-refractivity contribution >= 4 is 9.84 Å². The summed E-state index contributed by atoms with van der Waals surface area (Å²) in [4.78, 5) is 0.665. The van der Waals surface area contributed by atoms with Crippen LogP contribution in [-0.4, -0.2) is 8.42 Å². The predicted molar refractivity (Wildman–Crippen MR) is 118 cm³/mol. The van der Waals surface area contributed by atoms with Crippen molar-refractivity contribution in [2.45, 2.75) is 23.1 Å². The van der Waals surface area contributed by atoms with E-state index in [0.29, 0.717) is 16.2 Å². The highest BCUT2D eigenvalue weighted by Gasteiger charge is 2.24. The van der Waals surface area contributed by atoms with Gasteiger partial charge in [-0.15, -0.1) is 0 Å². The molecule has 0 amide bonds. The summed E-state index contributed by atoms with van der Waals surface area (Å²) < 4.78 is 27.1. The molecule has 0 unspecified atom stereocenters. The fraction of sp³-hybridized carbons (Fsp3) is 0.0769. The van der Waals surface area contributed by atoms with Gasteiger partial charge in [0, 0.05) is 5.56 Å². The van der Waals surface area contributed by atoms with Gasteiger partial charge in [-0.25, -0.2) is 8.42 Å². The molecule has 0 radical (unpaired) electrons. The van der Waals surface area contributed by atoms with E-state index in [2.05, 4.69) is 12.1 Å². The van der Waals surface area contributed by atoms with E-state index in [1.165, 1.54) is 0 Å². The number of benzene rings is 4. The van der Waals surface area contributed by atoms with Gasteiger partial charge in [-0.05, 0) is 48.2 Å². The standard InChI is InChI=1S/C26H22O2S/c1-20-15-17-24(18-16-20)29(27,28)25-14-8-13-23(19-21-9-4-2-5-10-21)26(25)22-11-6-3-7-12-22/h2-18H,19H2,1H3. The Labute approximate surface area is 172 Å². The van der Waals surface area contributed by atoms with E-state index >= 15 is 0 Å². The van der Waals surface area contributed by atoms with Crippen LogP contribution in [0.5, 0.6) is 0 Å². The van der Waals surface area contributed by atoms with E-state index in [1.807, 2.05) is 79.7 Å². The molecule has 0 spiro atoms. The first kappa shape index (κ1) is 19.2. The van der Waals surface area contributed by atoms with Gasteiger partial charge in [0.2, 0.25) is 9.84 Å². The number of hydrogen-bond acceptors (Lipinski definition) is 2. The lowest BCUT2D eigenvalue weighted by Crippen LogP contribution is -2.06. The van der Waals surface area contributed by atoms with Crippen LogP contribution in [0.15, 0.2) is 113 Å².